The van der Waals surface area contributed by atoms with Gasteiger partial charge in [0.15, 0.2) is 0 Å². The van der Waals surface area contributed by atoms with Gasteiger partial charge in [0, 0.05) is 25.6 Å². The first-order chi connectivity index (χ1) is 24.0. The predicted molar refractivity (Wildman–Crippen MR) is 183 cm³/mol. The van der Waals surface area contributed by atoms with E-state index in [0.717, 1.165) is 11.1 Å². The highest BCUT2D eigenvalue weighted by molar-refractivity contribution is 5.96. The quantitative estimate of drug-likeness (QED) is 0.0839. The molecule has 0 radical (unpaired) electrons. The smallest absolute Gasteiger partial charge is 0.326 e. The molecule has 1 saturated heterocycles. The molecule has 0 aliphatic carbocycles. The van der Waals surface area contributed by atoms with Crippen LogP contribution in [0.4, 0.5) is 0 Å². The number of phenols is 1. The molecule has 10 N–H and O–H groups in total. The van der Waals surface area contributed by atoms with Crippen molar-refractivity contribution in [3.63, 3.8) is 0 Å². The minimum absolute atomic E-state index is 0.0347. The van der Waals surface area contributed by atoms with Crippen LogP contribution in [0.15, 0.2) is 67.1 Å². The van der Waals surface area contributed by atoms with Gasteiger partial charge in [0.05, 0.1) is 18.1 Å². The molecule has 1 fully saturated rings. The number of imidazole rings is 1. The van der Waals surface area contributed by atoms with Gasteiger partial charge in [-0.3, -0.25) is 19.2 Å². The standard InChI is InChI=1S/C35H46N8O7/c36-15-5-4-9-27(32(46)42-29(35(49)50)18-22-7-2-1-3-8-22)40-33(47)30-10-6-16-43(30)34(48)28(19-24-20-38-21-39-24)41-31(45)26(37)17-23-11-13-25(44)14-12-23/h1-3,7-8,11-14,20-21,26-30,44H,4-6,9-10,15-19,36-37H2,(H,38,39)(H,40,47)(H,41,45)(H,42,46)(H,49,50)/t26-,27-,28-,29-,30-/m0/s1. The van der Waals surface area contributed by atoms with Crippen LogP contribution in [0.2, 0.25) is 0 Å². The van der Waals surface area contributed by atoms with Crippen LogP contribution in [0.5, 0.6) is 5.75 Å². The van der Waals surface area contributed by atoms with Gasteiger partial charge in [0.2, 0.25) is 23.6 Å². The minimum Gasteiger partial charge on any atom is -0.508 e. The summed E-state index contributed by atoms with van der Waals surface area (Å²) < 4.78 is 0. The molecule has 5 atom stereocenters. The van der Waals surface area contributed by atoms with E-state index in [4.69, 9.17) is 11.5 Å². The zero-order chi connectivity index (χ0) is 36.0. The largest absolute Gasteiger partial charge is 0.508 e. The van der Waals surface area contributed by atoms with Gasteiger partial charge in [-0.05, 0) is 68.3 Å². The molecule has 4 amide bonds. The Labute approximate surface area is 290 Å². The summed E-state index contributed by atoms with van der Waals surface area (Å²) in [5.41, 5.74) is 13.8. The Hall–Kier alpha value is -5.28. The van der Waals surface area contributed by atoms with Crippen molar-refractivity contribution in [3.05, 3.63) is 83.9 Å². The average molecular weight is 691 g/mol. The van der Waals surface area contributed by atoms with Crippen LogP contribution in [-0.4, -0.2) is 98.0 Å². The van der Waals surface area contributed by atoms with E-state index in [0.29, 0.717) is 37.9 Å². The first-order valence-corrected chi connectivity index (χ1v) is 16.7. The highest BCUT2D eigenvalue weighted by Crippen LogP contribution is 2.21. The number of carboxylic acid groups (broad SMARTS) is 1. The lowest BCUT2D eigenvalue weighted by Gasteiger charge is -2.30. The fourth-order valence-electron chi connectivity index (χ4n) is 5.92. The number of nitrogens with zero attached hydrogens (tertiary/aromatic N) is 2. The van der Waals surface area contributed by atoms with Crippen LogP contribution in [0, 0.1) is 0 Å². The van der Waals surface area contributed by atoms with Gasteiger partial charge in [-0.1, -0.05) is 42.5 Å². The fourth-order valence-corrected chi connectivity index (χ4v) is 5.92. The number of rotatable bonds is 18. The van der Waals surface area contributed by atoms with Crippen LogP contribution in [0.1, 0.15) is 48.9 Å². The number of likely N-dealkylation sites (tertiary alicyclic amines) is 1. The maximum absolute atomic E-state index is 14.0. The SMILES string of the molecule is NCCCC[C@H](NC(=O)[C@@H]1CCCN1C(=O)[C@H](Cc1c[nH]cn1)NC(=O)[C@@H](N)Cc1ccc(O)cc1)C(=O)N[C@@H](Cc1ccccc1)C(=O)O. The first kappa shape index (κ1) is 37.5. The van der Waals surface area contributed by atoms with Crippen molar-refractivity contribution in [1.29, 1.82) is 0 Å². The van der Waals surface area contributed by atoms with Crippen molar-refractivity contribution in [1.82, 2.24) is 30.8 Å². The summed E-state index contributed by atoms with van der Waals surface area (Å²) in [4.78, 5) is 74.9. The number of aliphatic carboxylic acids is 1. The van der Waals surface area contributed by atoms with Crippen molar-refractivity contribution in [2.75, 3.05) is 13.1 Å². The Kier molecular flexibility index (Phi) is 13.9. The summed E-state index contributed by atoms with van der Waals surface area (Å²) in [6.45, 7) is 0.617. The summed E-state index contributed by atoms with van der Waals surface area (Å²) >= 11 is 0. The maximum atomic E-state index is 14.0. The lowest BCUT2D eigenvalue weighted by atomic mass is 10.0. The number of benzene rings is 2. The highest BCUT2D eigenvalue weighted by Gasteiger charge is 2.39. The van der Waals surface area contributed by atoms with Crippen LogP contribution in [-0.2, 0) is 43.2 Å². The third kappa shape index (κ3) is 10.9. The molecule has 2 heterocycles. The number of H-pyrrole nitrogens is 1. The Morgan fingerprint density at radius 1 is 0.880 bits per heavy atom. The van der Waals surface area contributed by atoms with E-state index in [9.17, 15) is 34.2 Å². The number of nitrogens with two attached hydrogens (primary N) is 2. The van der Waals surface area contributed by atoms with E-state index in [2.05, 4.69) is 25.9 Å². The number of hydrogen-bond acceptors (Lipinski definition) is 9. The Morgan fingerprint density at radius 2 is 1.58 bits per heavy atom. The molecule has 1 aromatic heterocycles. The van der Waals surface area contributed by atoms with Crippen LogP contribution < -0.4 is 27.4 Å². The Bertz CT molecular complexity index is 1570. The minimum atomic E-state index is -1.23. The molecular weight excluding hydrogens is 644 g/mol. The van der Waals surface area contributed by atoms with E-state index in [1.54, 1.807) is 48.7 Å². The molecular formula is C35H46N8O7. The van der Waals surface area contributed by atoms with Crippen LogP contribution in [0.3, 0.4) is 0 Å². The predicted octanol–water partition coefficient (Wildman–Crippen LogP) is 0.130. The molecule has 2 aromatic carbocycles. The van der Waals surface area contributed by atoms with Gasteiger partial charge in [0.25, 0.3) is 0 Å². The third-order valence-corrected chi connectivity index (χ3v) is 8.63. The lowest BCUT2D eigenvalue weighted by molar-refractivity contribution is -0.143. The molecule has 50 heavy (non-hydrogen) atoms. The van der Waals surface area contributed by atoms with Crippen molar-refractivity contribution < 1.29 is 34.2 Å². The number of aromatic nitrogens is 2. The summed E-state index contributed by atoms with van der Waals surface area (Å²) in [6.07, 6.45) is 5.43. The summed E-state index contributed by atoms with van der Waals surface area (Å²) in [7, 11) is 0. The monoisotopic (exact) mass is 690 g/mol. The van der Waals surface area contributed by atoms with Crippen molar-refractivity contribution in [2.24, 2.45) is 11.5 Å². The number of amides is 4. The van der Waals surface area contributed by atoms with E-state index in [1.807, 2.05) is 0 Å². The van der Waals surface area contributed by atoms with Crippen LogP contribution in [0.25, 0.3) is 0 Å². The number of nitrogens with one attached hydrogen (secondary N) is 4. The number of unbranched alkanes of at least 4 members (excludes halogenated alkanes) is 1. The molecule has 3 aromatic rings. The maximum Gasteiger partial charge on any atom is 0.326 e. The molecule has 0 unspecified atom stereocenters. The number of aromatic amines is 1. The topological polar surface area (TPSA) is 246 Å². The number of hydrogen-bond donors (Lipinski definition) is 8. The molecule has 0 spiro atoms. The van der Waals surface area contributed by atoms with E-state index in [-0.39, 0.29) is 38.0 Å². The van der Waals surface area contributed by atoms with Gasteiger partial charge in [-0.25, -0.2) is 9.78 Å². The molecule has 0 bridgehead atoms. The molecule has 0 saturated carbocycles. The second-order valence-electron chi connectivity index (χ2n) is 12.4. The van der Waals surface area contributed by atoms with Crippen molar-refractivity contribution >= 4 is 29.6 Å². The second-order valence-corrected chi connectivity index (χ2v) is 12.4. The average Bonchev–Trinajstić information content (AvgIpc) is 3.81. The Morgan fingerprint density at radius 3 is 2.24 bits per heavy atom. The van der Waals surface area contributed by atoms with Gasteiger partial charge in [0.1, 0.15) is 29.9 Å². The van der Waals surface area contributed by atoms with E-state index < -0.39 is 59.8 Å². The number of aromatic hydroxyl groups is 1. The molecule has 4 rings (SSSR count). The van der Waals surface area contributed by atoms with E-state index >= 15 is 0 Å². The molecule has 15 heteroatoms. The molecule has 268 valence electrons. The normalized spacial score (nSPS) is 16.5. The summed E-state index contributed by atoms with van der Waals surface area (Å²) in [6, 6.07) is 9.84. The molecule has 15 nitrogen and oxygen atoms in total. The van der Waals surface area contributed by atoms with Gasteiger partial charge in [-0.2, -0.15) is 0 Å². The van der Waals surface area contributed by atoms with Gasteiger partial charge >= 0.3 is 5.97 Å². The van der Waals surface area contributed by atoms with Crippen molar-refractivity contribution in [2.45, 2.75) is 81.6 Å². The fraction of sp³-hybridized carbons (Fsp3) is 0.429. The number of carbonyl (C=O) groups excluding carboxylic acids is 4. The molecule has 1 aliphatic heterocycles. The van der Waals surface area contributed by atoms with Crippen LogP contribution >= 0.6 is 0 Å². The number of carboxylic acids is 1. The Balaban J connectivity index is 1.46. The van der Waals surface area contributed by atoms with Crippen molar-refractivity contribution in [3.8, 4) is 5.75 Å². The third-order valence-electron chi connectivity index (χ3n) is 8.63. The highest BCUT2D eigenvalue weighted by atomic mass is 16.4. The first-order valence-electron chi connectivity index (χ1n) is 16.7. The number of carbonyl (C=O) groups is 5. The van der Waals surface area contributed by atoms with Gasteiger partial charge < -0.3 is 47.5 Å². The van der Waals surface area contributed by atoms with E-state index in [1.165, 1.54) is 23.4 Å². The summed E-state index contributed by atoms with van der Waals surface area (Å²) in [5.74, 6) is -3.43. The molecule has 1 aliphatic rings. The zero-order valence-electron chi connectivity index (χ0n) is 27.8. The van der Waals surface area contributed by atoms with Gasteiger partial charge in [-0.15, -0.1) is 0 Å². The number of phenolic OH excluding ortho intramolecular Hbond substituents is 1. The zero-order valence-corrected chi connectivity index (χ0v) is 27.8. The lowest BCUT2D eigenvalue weighted by Crippen LogP contribution is -2.58. The summed E-state index contributed by atoms with van der Waals surface area (Å²) in [5, 5.41) is 27.5. The second kappa shape index (κ2) is 18.5.